The molecule has 0 aliphatic rings. The fourth-order valence-electron chi connectivity index (χ4n) is 1.10. The van der Waals surface area contributed by atoms with Gasteiger partial charge < -0.3 is 15.6 Å². The van der Waals surface area contributed by atoms with Gasteiger partial charge in [0.2, 0.25) is 0 Å². The highest BCUT2D eigenvalue weighted by molar-refractivity contribution is 5.94. The van der Waals surface area contributed by atoms with Crippen LogP contribution in [0.1, 0.15) is 10.4 Å². The Balaban J connectivity index is 2.66. The van der Waals surface area contributed by atoms with Gasteiger partial charge in [-0.2, -0.15) is 0 Å². The second-order valence-corrected chi connectivity index (χ2v) is 2.96. The molecule has 0 atom stereocenters. The third-order valence-corrected chi connectivity index (χ3v) is 1.85. The minimum atomic E-state index is -0.428. The second kappa shape index (κ2) is 5.94. The van der Waals surface area contributed by atoms with Crippen LogP contribution in [0.3, 0.4) is 0 Å². The zero-order chi connectivity index (χ0) is 12.0. The molecule has 4 N–H and O–H groups in total. The Morgan fingerprint density at radius 1 is 1.56 bits per heavy atom. The summed E-state index contributed by atoms with van der Waals surface area (Å²) < 4.78 is 4.96. The van der Waals surface area contributed by atoms with Gasteiger partial charge in [0, 0.05) is 5.56 Å². The molecular formula is C10H14N2O4. The number of methoxy groups -OCH3 is 1. The van der Waals surface area contributed by atoms with Crippen LogP contribution in [0.15, 0.2) is 18.2 Å². The van der Waals surface area contributed by atoms with E-state index in [1.807, 2.05) is 0 Å². The van der Waals surface area contributed by atoms with E-state index < -0.39 is 5.91 Å². The summed E-state index contributed by atoms with van der Waals surface area (Å²) in [6.45, 7) is -0.123. The number of rotatable bonds is 5. The zero-order valence-electron chi connectivity index (χ0n) is 8.90. The number of benzene rings is 1. The largest absolute Gasteiger partial charge is 0.495 e. The van der Waals surface area contributed by atoms with E-state index >= 15 is 0 Å². The van der Waals surface area contributed by atoms with Crippen LogP contribution in [0.2, 0.25) is 0 Å². The number of hydrogen-bond donors (Lipinski definition) is 3. The summed E-state index contributed by atoms with van der Waals surface area (Å²) in [7, 11) is 1.50. The van der Waals surface area contributed by atoms with Gasteiger partial charge in [0.15, 0.2) is 0 Å². The Bertz CT molecular complexity index is 368. The second-order valence-electron chi connectivity index (χ2n) is 2.96. The number of aliphatic hydroxyl groups is 1. The number of nitrogen functional groups attached to an aromatic ring is 1. The van der Waals surface area contributed by atoms with Crippen LogP contribution in [-0.4, -0.2) is 31.3 Å². The van der Waals surface area contributed by atoms with Crippen LogP contribution in [0.25, 0.3) is 0 Å². The highest BCUT2D eigenvalue weighted by Gasteiger charge is 2.08. The first-order valence-corrected chi connectivity index (χ1v) is 4.65. The van der Waals surface area contributed by atoms with E-state index in [-0.39, 0.29) is 13.2 Å². The van der Waals surface area contributed by atoms with E-state index in [1.54, 1.807) is 12.1 Å². The molecule has 1 aromatic carbocycles. The third-order valence-electron chi connectivity index (χ3n) is 1.85. The smallest absolute Gasteiger partial charge is 0.274 e. The number of nitrogens with two attached hydrogens (primary N) is 1. The molecule has 6 heteroatoms. The summed E-state index contributed by atoms with van der Waals surface area (Å²) in [6.07, 6.45) is 0. The van der Waals surface area contributed by atoms with Crippen molar-refractivity contribution in [3.05, 3.63) is 23.8 Å². The molecule has 0 fully saturated rings. The lowest BCUT2D eigenvalue weighted by Crippen LogP contribution is -2.25. The van der Waals surface area contributed by atoms with Gasteiger partial charge in [-0.05, 0) is 18.2 Å². The van der Waals surface area contributed by atoms with Crippen LogP contribution < -0.4 is 16.0 Å². The van der Waals surface area contributed by atoms with Crippen molar-refractivity contribution in [2.75, 3.05) is 26.1 Å². The highest BCUT2D eigenvalue weighted by Crippen LogP contribution is 2.21. The molecule has 0 heterocycles. The third kappa shape index (κ3) is 3.11. The summed E-state index contributed by atoms with van der Waals surface area (Å²) in [6, 6.07) is 4.64. The minimum absolute atomic E-state index is 0.0391. The lowest BCUT2D eigenvalue weighted by molar-refractivity contribution is 0.0168. The molecule has 0 saturated heterocycles. The van der Waals surface area contributed by atoms with Gasteiger partial charge in [-0.3, -0.25) is 9.63 Å². The molecule has 0 aliphatic heterocycles. The molecule has 0 spiro atoms. The number of ether oxygens (including phenoxy) is 1. The van der Waals surface area contributed by atoms with E-state index in [1.165, 1.54) is 13.2 Å². The maximum Gasteiger partial charge on any atom is 0.274 e. The van der Waals surface area contributed by atoms with Gasteiger partial charge >= 0.3 is 0 Å². The Morgan fingerprint density at radius 2 is 2.31 bits per heavy atom. The van der Waals surface area contributed by atoms with Crippen molar-refractivity contribution < 1.29 is 19.5 Å². The Labute approximate surface area is 92.9 Å². The van der Waals surface area contributed by atoms with E-state index in [0.717, 1.165) is 0 Å². The summed E-state index contributed by atoms with van der Waals surface area (Å²) in [5, 5.41) is 8.45. The Hall–Kier alpha value is -1.79. The molecule has 0 unspecified atom stereocenters. The molecule has 0 saturated carbocycles. The lowest BCUT2D eigenvalue weighted by atomic mass is 10.2. The molecule has 0 bridgehead atoms. The molecule has 0 radical (unpaired) electrons. The SMILES string of the molecule is COc1ccc(C(=O)NOCCO)cc1N. The van der Waals surface area contributed by atoms with Gasteiger partial charge in [-0.1, -0.05) is 0 Å². The average molecular weight is 226 g/mol. The van der Waals surface area contributed by atoms with Crippen molar-refractivity contribution in [2.45, 2.75) is 0 Å². The Morgan fingerprint density at radius 3 is 2.88 bits per heavy atom. The first kappa shape index (κ1) is 12.3. The van der Waals surface area contributed by atoms with Crippen LogP contribution in [-0.2, 0) is 4.84 Å². The molecule has 1 aromatic rings. The fourth-order valence-corrected chi connectivity index (χ4v) is 1.10. The van der Waals surface area contributed by atoms with Gasteiger partial charge in [-0.25, -0.2) is 5.48 Å². The number of hydrogen-bond acceptors (Lipinski definition) is 5. The van der Waals surface area contributed by atoms with Crippen molar-refractivity contribution in [2.24, 2.45) is 0 Å². The molecule has 16 heavy (non-hydrogen) atoms. The van der Waals surface area contributed by atoms with Crippen molar-refractivity contribution >= 4 is 11.6 Å². The number of amides is 1. The van der Waals surface area contributed by atoms with Crippen LogP contribution in [0.4, 0.5) is 5.69 Å². The first-order valence-electron chi connectivity index (χ1n) is 4.65. The van der Waals surface area contributed by atoms with Crippen LogP contribution in [0, 0.1) is 0 Å². The lowest BCUT2D eigenvalue weighted by Gasteiger charge is -2.07. The van der Waals surface area contributed by atoms with E-state index in [2.05, 4.69) is 10.3 Å². The van der Waals surface area contributed by atoms with Crippen molar-refractivity contribution in [3.63, 3.8) is 0 Å². The Kier molecular flexibility index (Phi) is 4.56. The minimum Gasteiger partial charge on any atom is -0.495 e. The molecule has 0 aliphatic carbocycles. The molecule has 6 nitrogen and oxygen atoms in total. The summed E-state index contributed by atoms with van der Waals surface area (Å²) in [4.78, 5) is 16.1. The summed E-state index contributed by atoms with van der Waals surface area (Å²) in [5.74, 6) is 0.0793. The van der Waals surface area contributed by atoms with Gasteiger partial charge in [0.05, 0.1) is 26.0 Å². The number of aliphatic hydroxyl groups excluding tert-OH is 1. The number of carbonyl (C=O) groups excluding carboxylic acids is 1. The molecule has 1 amide bonds. The number of hydroxylamine groups is 1. The average Bonchev–Trinajstić information content (AvgIpc) is 2.29. The quantitative estimate of drug-likeness (QED) is 0.371. The normalized spacial score (nSPS) is 9.88. The fraction of sp³-hybridized carbons (Fsp3) is 0.300. The molecule has 0 aromatic heterocycles. The molecular weight excluding hydrogens is 212 g/mol. The maximum absolute atomic E-state index is 11.5. The topological polar surface area (TPSA) is 93.8 Å². The number of nitrogens with one attached hydrogen (secondary N) is 1. The predicted octanol–water partition coefficient (Wildman–Crippen LogP) is -0.0689. The molecule has 1 rings (SSSR count). The predicted molar refractivity (Wildman–Crippen MR) is 57.9 cm³/mol. The maximum atomic E-state index is 11.5. The summed E-state index contributed by atoms with van der Waals surface area (Å²) >= 11 is 0. The van der Waals surface area contributed by atoms with Crippen molar-refractivity contribution in [3.8, 4) is 5.75 Å². The first-order chi connectivity index (χ1) is 7.69. The number of anilines is 1. The van der Waals surface area contributed by atoms with Crippen molar-refractivity contribution in [1.82, 2.24) is 5.48 Å². The standard InChI is InChI=1S/C10H14N2O4/c1-15-9-3-2-7(6-8(9)11)10(14)12-16-5-4-13/h2-3,6,13H,4-5,11H2,1H3,(H,12,14). The van der Waals surface area contributed by atoms with E-state index in [4.69, 9.17) is 15.6 Å². The van der Waals surface area contributed by atoms with Gasteiger partial charge in [0.25, 0.3) is 5.91 Å². The highest BCUT2D eigenvalue weighted by atomic mass is 16.7. The van der Waals surface area contributed by atoms with E-state index in [0.29, 0.717) is 17.0 Å². The zero-order valence-corrected chi connectivity index (χ0v) is 8.90. The summed E-state index contributed by atoms with van der Waals surface area (Å²) in [5.41, 5.74) is 8.54. The van der Waals surface area contributed by atoms with Crippen molar-refractivity contribution in [1.29, 1.82) is 0 Å². The molecule has 88 valence electrons. The monoisotopic (exact) mass is 226 g/mol. The van der Waals surface area contributed by atoms with E-state index in [9.17, 15) is 4.79 Å². The van der Waals surface area contributed by atoms with Crippen LogP contribution in [0.5, 0.6) is 5.75 Å². The number of carbonyl (C=O) groups is 1. The van der Waals surface area contributed by atoms with Gasteiger partial charge in [0.1, 0.15) is 5.75 Å². The van der Waals surface area contributed by atoms with Gasteiger partial charge in [-0.15, -0.1) is 0 Å². The van der Waals surface area contributed by atoms with Crippen LogP contribution >= 0.6 is 0 Å².